The van der Waals surface area contributed by atoms with Crippen LogP contribution in [-0.2, 0) is 11.3 Å². The third-order valence-electron chi connectivity index (χ3n) is 2.21. The van der Waals surface area contributed by atoms with Crippen LogP contribution in [0.3, 0.4) is 0 Å². The first-order valence-electron chi connectivity index (χ1n) is 5.18. The first-order valence-corrected chi connectivity index (χ1v) is 5.94. The summed E-state index contributed by atoms with van der Waals surface area (Å²) in [4.78, 5) is 15.7. The molecule has 1 heterocycles. The maximum Gasteiger partial charge on any atom is 0.340 e. The molecule has 1 aromatic carbocycles. The Balaban J connectivity index is 2.12. The second-order valence-electron chi connectivity index (χ2n) is 3.66. The lowest BCUT2D eigenvalue weighted by Gasteiger charge is -2.07. The lowest BCUT2D eigenvalue weighted by Crippen LogP contribution is -2.09. The molecule has 0 spiro atoms. The van der Waals surface area contributed by atoms with Crippen molar-refractivity contribution in [3.8, 4) is 0 Å². The van der Waals surface area contributed by atoms with Crippen LogP contribution in [0, 0.1) is 6.92 Å². The summed E-state index contributed by atoms with van der Waals surface area (Å²) in [6, 6.07) is 2.82. The number of aromatic nitrogens is 2. The number of rotatable bonds is 3. The van der Waals surface area contributed by atoms with E-state index in [-0.39, 0.29) is 28.8 Å². The number of nitrogens with two attached hydrogens (primary N) is 1. The molecule has 0 aliphatic carbocycles. The topological polar surface area (TPSA) is 91.2 Å². The molecule has 0 aliphatic heterocycles. The van der Waals surface area contributed by atoms with Gasteiger partial charge >= 0.3 is 5.97 Å². The number of carbonyl (C=O) groups excluding carboxylic acids is 1. The number of aryl methyl sites for hydroxylation is 1. The van der Waals surface area contributed by atoms with E-state index in [0.29, 0.717) is 10.8 Å². The van der Waals surface area contributed by atoms with E-state index in [4.69, 9.17) is 38.2 Å². The smallest absolute Gasteiger partial charge is 0.340 e. The van der Waals surface area contributed by atoms with Gasteiger partial charge in [0.1, 0.15) is 0 Å². The molecule has 8 heteroatoms. The van der Waals surface area contributed by atoms with Crippen LogP contribution >= 0.6 is 23.2 Å². The Morgan fingerprint density at radius 3 is 2.84 bits per heavy atom. The van der Waals surface area contributed by atoms with Crippen LogP contribution in [0.15, 0.2) is 16.7 Å². The van der Waals surface area contributed by atoms with Gasteiger partial charge in [-0.2, -0.15) is 4.98 Å². The number of nitrogens with zero attached hydrogens (tertiary/aromatic N) is 2. The summed E-state index contributed by atoms with van der Waals surface area (Å²) in [5.41, 5.74) is 5.88. The number of hydrogen-bond acceptors (Lipinski definition) is 6. The van der Waals surface area contributed by atoms with Gasteiger partial charge in [-0.1, -0.05) is 28.4 Å². The van der Waals surface area contributed by atoms with Gasteiger partial charge in [0.15, 0.2) is 12.4 Å². The molecule has 0 amide bonds. The van der Waals surface area contributed by atoms with Crippen LogP contribution in [0.1, 0.15) is 22.1 Å². The third kappa shape index (κ3) is 3.15. The monoisotopic (exact) mass is 301 g/mol. The van der Waals surface area contributed by atoms with Crippen molar-refractivity contribution in [2.75, 3.05) is 5.73 Å². The molecule has 0 bridgehead atoms. The second-order valence-corrected chi connectivity index (χ2v) is 4.50. The molecular weight excluding hydrogens is 293 g/mol. The fraction of sp³-hybridized carbons (Fsp3) is 0.182. The van der Waals surface area contributed by atoms with Crippen molar-refractivity contribution < 1.29 is 14.1 Å². The number of nitrogen functional groups attached to an aromatic ring is 1. The molecule has 2 aromatic rings. The minimum Gasteiger partial charge on any atom is -0.452 e. The summed E-state index contributed by atoms with van der Waals surface area (Å²) in [6.45, 7) is 1.51. The predicted molar refractivity (Wildman–Crippen MR) is 69.0 cm³/mol. The zero-order valence-electron chi connectivity index (χ0n) is 9.81. The molecule has 6 nitrogen and oxygen atoms in total. The number of ether oxygens (including phenoxy) is 1. The van der Waals surface area contributed by atoms with Crippen LogP contribution in [0.5, 0.6) is 0 Å². The van der Waals surface area contributed by atoms with Gasteiger partial charge in [-0.25, -0.2) is 4.79 Å². The van der Waals surface area contributed by atoms with Crippen LogP contribution in [0.4, 0.5) is 5.69 Å². The van der Waals surface area contributed by atoms with Gasteiger partial charge in [0, 0.05) is 5.02 Å². The van der Waals surface area contributed by atoms with Gasteiger partial charge in [-0.05, 0) is 19.1 Å². The second kappa shape index (κ2) is 5.46. The number of halogens is 2. The van der Waals surface area contributed by atoms with Crippen LogP contribution in [-0.4, -0.2) is 16.1 Å². The van der Waals surface area contributed by atoms with Gasteiger partial charge in [-0.3, -0.25) is 0 Å². The summed E-state index contributed by atoms with van der Waals surface area (Å²) in [6.07, 6.45) is 0. The minimum absolute atomic E-state index is 0.0914. The fourth-order valence-electron chi connectivity index (χ4n) is 1.36. The lowest BCUT2D eigenvalue weighted by molar-refractivity contribution is 0.0431. The Kier molecular flexibility index (Phi) is 3.92. The van der Waals surface area contributed by atoms with Crippen molar-refractivity contribution in [2.45, 2.75) is 13.5 Å². The maximum absolute atomic E-state index is 11.8. The highest BCUT2D eigenvalue weighted by Crippen LogP contribution is 2.28. The summed E-state index contributed by atoms with van der Waals surface area (Å²) in [5.74, 6) is -0.0216. The van der Waals surface area contributed by atoms with Crippen LogP contribution in [0.25, 0.3) is 0 Å². The molecule has 0 aliphatic rings. The molecule has 0 fully saturated rings. The summed E-state index contributed by atoms with van der Waals surface area (Å²) >= 11 is 11.6. The van der Waals surface area contributed by atoms with Crippen molar-refractivity contribution in [3.63, 3.8) is 0 Å². The van der Waals surface area contributed by atoms with Crippen molar-refractivity contribution in [1.82, 2.24) is 10.1 Å². The molecule has 0 atom stereocenters. The SMILES string of the molecule is Cc1noc(COC(=O)c2cc(Cl)cc(Cl)c2N)n1. The van der Waals surface area contributed by atoms with E-state index in [0.717, 1.165) is 0 Å². The number of anilines is 1. The van der Waals surface area contributed by atoms with E-state index in [1.54, 1.807) is 6.92 Å². The third-order valence-corrected chi connectivity index (χ3v) is 2.74. The number of carbonyl (C=O) groups is 1. The van der Waals surface area contributed by atoms with Gasteiger partial charge in [0.2, 0.25) is 0 Å². The maximum atomic E-state index is 11.8. The summed E-state index contributed by atoms with van der Waals surface area (Å²) < 4.78 is 9.79. The highest BCUT2D eigenvalue weighted by atomic mass is 35.5. The first-order chi connectivity index (χ1) is 8.97. The van der Waals surface area contributed by atoms with E-state index in [2.05, 4.69) is 10.1 Å². The molecule has 2 N–H and O–H groups in total. The standard InChI is InChI=1S/C11H9Cl2N3O3/c1-5-15-9(19-16-5)4-18-11(17)7-2-6(12)3-8(13)10(7)14/h2-3H,4,14H2,1H3. The predicted octanol–water partition coefficient (Wildman–Crippen LogP) is 2.62. The van der Waals surface area contributed by atoms with Crippen LogP contribution < -0.4 is 5.73 Å². The fourth-order valence-corrected chi connectivity index (χ4v) is 1.85. The zero-order valence-corrected chi connectivity index (χ0v) is 11.3. The Morgan fingerprint density at radius 1 is 1.47 bits per heavy atom. The van der Waals surface area contributed by atoms with E-state index < -0.39 is 5.97 Å². The Bertz CT molecular complexity index is 628. The average molecular weight is 302 g/mol. The van der Waals surface area contributed by atoms with Gasteiger partial charge in [0.05, 0.1) is 16.3 Å². The van der Waals surface area contributed by atoms with E-state index in [9.17, 15) is 4.79 Å². The van der Waals surface area contributed by atoms with Crippen molar-refractivity contribution >= 4 is 34.9 Å². The van der Waals surface area contributed by atoms with Gasteiger partial charge in [0.25, 0.3) is 5.89 Å². The van der Waals surface area contributed by atoms with Gasteiger partial charge < -0.3 is 15.0 Å². The molecule has 0 radical (unpaired) electrons. The number of hydrogen-bond donors (Lipinski definition) is 1. The largest absolute Gasteiger partial charge is 0.452 e. The zero-order chi connectivity index (χ0) is 14.0. The molecule has 1 aromatic heterocycles. The lowest BCUT2D eigenvalue weighted by atomic mass is 10.2. The van der Waals surface area contributed by atoms with Crippen molar-refractivity contribution in [2.24, 2.45) is 0 Å². The van der Waals surface area contributed by atoms with E-state index >= 15 is 0 Å². The van der Waals surface area contributed by atoms with Crippen molar-refractivity contribution in [3.05, 3.63) is 39.5 Å². The molecule has 19 heavy (non-hydrogen) atoms. The first kappa shape index (κ1) is 13.6. The Hall–Kier alpha value is -1.79. The summed E-state index contributed by atoms with van der Waals surface area (Å²) in [5, 5.41) is 4.05. The quantitative estimate of drug-likeness (QED) is 0.692. The molecular formula is C11H9Cl2N3O3. The molecule has 0 unspecified atom stereocenters. The minimum atomic E-state index is -0.669. The Labute approximate surface area is 118 Å². The molecule has 0 saturated heterocycles. The highest BCUT2D eigenvalue weighted by molar-refractivity contribution is 6.37. The summed E-state index contributed by atoms with van der Waals surface area (Å²) in [7, 11) is 0. The molecule has 0 saturated carbocycles. The van der Waals surface area contributed by atoms with E-state index in [1.165, 1.54) is 12.1 Å². The van der Waals surface area contributed by atoms with E-state index in [1.807, 2.05) is 0 Å². The molecule has 100 valence electrons. The van der Waals surface area contributed by atoms with Crippen molar-refractivity contribution in [1.29, 1.82) is 0 Å². The van der Waals surface area contributed by atoms with Gasteiger partial charge in [-0.15, -0.1) is 0 Å². The normalized spacial score (nSPS) is 10.5. The number of benzene rings is 1. The number of esters is 1. The van der Waals surface area contributed by atoms with Crippen LogP contribution in [0.2, 0.25) is 10.0 Å². The molecule has 2 rings (SSSR count). The highest BCUT2D eigenvalue weighted by Gasteiger charge is 2.16. The average Bonchev–Trinajstić information content (AvgIpc) is 2.76. The Morgan fingerprint density at radius 2 is 2.21 bits per heavy atom.